The van der Waals surface area contributed by atoms with E-state index in [1.54, 1.807) is 6.07 Å². The van der Waals surface area contributed by atoms with E-state index in [0.717, 1.165) is 17.7 Å². The maximum absolute atomic E-state index is 12.8. The van der Waals surface area contributed by atoms with E-state index in [1.165, 1.54) is 6.92 Å². The normalized spacial score (nSPS) is 15.9. The van der Waals surface area contributed by atoms with Crippen molar-refractivity contribution in [1.29, 1.82) is 0 Å². The zero-order valence-corrected chi connectivity index (χ0v) is 18.0. The number of rotatable bonds is 9. The van der Waals surface area contributed by atoms with E-state index in [2.05, 4.69) is 10.6 Å². The molecule has 0 aromatic heterocycles. The number of anilines is 1. The van der Waals surface area contributed by atoms with Crippen molar-refractivity contribution in [1.82, 2.24) is 10.6 Å². The van der Waals surface area contributed by atoms with Crippen LogP contribution in [0.1, 0.15) is 25.8 Å². The predicted octanol–water partition coefficient (Wildman–Crippen LogP) is 2.10. The molecule has 7 heteroatoms. The fourth-order valence-corrected chi connectivity index (χ4v) is 3.51. The second-order valence-corrected chi connectivity index (χ2v) is 7.67. The van der Waals surface area contributed by atoms with Crippen molar-refractivity contribution >= 4 is 23.3 Å². The van der Waals surface area contributed by atoms with Crippen LogP contribution in [0.3, 0.4) is 0 Å². The number of fused-ring (bicyclic) bond motifs is 1. The summed E-state index contributed by atoms with van der Waals surface area (Å²) in [5.74, 6) is -0.0185. The molecule has 0 spiro atoms. The Labute approximate surface area is 182 Å². The molecule has 2 N–H and O–H groups in total. The number of hydrogen-bond acceptors (Lipinski definition) is 5. The van der Waals surface area contributed by atoms with Gasteiger partial charge in [-0.25, -0.2) is 0 Å². The Kier molecular flexibility index (Phi) is 7.65. The topological polar surface area (TPSA) is 87.7 Å². The van der Waals surface area contributed by atoms with Gasteiger partial charge < -0.3 is 20.3 Å². The first kappa shape index (κ1) is 22.3. The lowest BCUT2D eigenvalue weighted by molar-refractivity contribution is -0.128. The van der Waals surface area contributed by atoms with Crippen LogP contribution >= 0.6 is 0 Å². The molecule has 1 aliphatic rings. The molecule has 2 amide bonds. The molecule has 0 fully saturated rings. The Balaban J connectivity index is 1.69. The Morgan fingerprint density at radius 1 is 1.10 bits per heavy atom. The molecule has 2 aromatic rings. The van der Waals surface area contributed by atoms with Gasteiger partial charge in [-0.05, 0) is 37.5 Å². The van der Waals surface area contributed by atoms with Crippen LogP contribution in [0.15, 0.2) is 54.6 Å². The van der Waals surface area contributed by atoms with Crippen molar-refractivity contribution < 1.29 is 19.1 Å². The van der Waals surface area contributed by atoms with Gasteiger partial charge in [0.1, 0.15) is 5.75 Å². The summed E-state index contributed by atoms with van der Waals surface area (Å²) in [6.45, 7) is 4.31. The van der Waals surface area contributed by atoms with Gasteiger partial charge in [0.25, 0.3) is 5.91 Å². The minimum Gasteiger partial charge on any atom is -0.477 e. The molecule has 1 heterocycles. The second kappa shape index (κ2) is 10.6. The molecule has 1 aliphatic heterocycles. The monoisotopic (exact) mass is 423 g/mol. The molecule has 0 saturated heterocycles. The van der Waals surface area contributed by atoms with Crippen LogP contribution in [0.5, 0.6) is 5.75 Å². The van der Waals surface area contributed by atoms with Crippen LogP contribution in [0.2, 0.25) is 0 Å². The van der Waals surface area contributed by atoms with Crippen LogP contribution < -0.4 is 20.3 Å². The minimum atomic E-state index is -0.706. The number of nitrogens with one attached hydrogen (secondary N) is 2. The molecule has 3 rings (SSSR count). The molecule has 0 saturated carbocycles. The van der Waals surface area contributed by atoms with Gasteiger partial charge in [0, 0.05) is 6.54 Å². The molecule has 31 heavy (non-hydrogen) atoms. The van der Waals surface area contributed by atoms with Gasteiger partial charge in [0.05, 0.1) is 24.8 Å². The summed E-state index contributed by atoms with van der Waals surface area (Å²) in [5.41, 5.74) is 1.73. The first-order chi connectivity index (χ1) is 15.0. The Morgan fingerprint density at radius 2 is 1.81 bits per heavy atom. The number of para-hydroxylation sites is 2. The molecule has 7 nitrogen and oxygen atoms in total. The highest BCUT2D eigenvalue weighted by Crippen LogP contribution is 2.32. The molecule has 0 bridgehead atoms. The third kappa shape index (κ3) is 6.07. The predicted molar refractivity (Wildman–Crippen MR) is 119 cm³/mol. The van der Waals surface area contributed by atoms with Crippen LogP contribution in [0.25, 0.3) is 0 Å². The number of carbonyl (C=O) groups excluding carboxylic acids is 3. The SMILES string of the molecule is CCCNC(=O)[C@H]1CN(CC(=O)N[C@@H](Cc2ccccc2)C(C)=O)c2ccccc2O1. The second-order valence-electron chi connectivity index (χ2n) is 7.67. The van der Waals surface area contributed by atoms with Gasteiger partial charge >= 0.3 is 0 Å². The van der Waals surface area contributed by atoms with E-state index < -0.39 is 12.1 Å². The van der Waals surface area contributed by atoms with E-state index in [-0.39, 0.29) is 30.7 Å². The number of carbonyl (C=O) groups is 3. The highest BCUT2D eigenvalue weighted by Gasteiger charge is 2.31. The van der Waals surface area contributed by atoms with Crippen molar-refractivity contribution in [2.45, 2.75) is 38.8 Å². The lowest BCUT2D eigenvalue weighted by Crippen LogP contribution is -2.52. The summed E-state index contributed by atoms with van der Waals surface area (Å²) in [6.07, 6.45) is 0.556. The average Bonchev–Trinajstić information content (AvgIpc) is 2.77. The van der Waals surface area contributed by atoms with Crippen molar-refractivity contribution in [3.05, 3.63) is 60.2 Å². The molecule has 0 aliphatic carbocycles. The van der Waals surface area contributed by atoms with E-state index in [9.17, 15) is 14.4 Å². The number of nitrogens with zero attached hydrogens (tertiary/aromatic N) is 1. The van der Waals surface area contributed by atoms with Gasteiger partial charge in [-0.3, -0.25) is 14.4 Å². The standard InChI is InChI=1S/C24H29N3O4/c1-3-13-25-24(30)22-15-27(20-11-7-8-12-21(20)31-22)16-23(29)26-19(17(2)28)14-18-9-5-4-6-10-18/h4-12,19,22H,3,13-16H2,1-2H3,(H,25,30)(H,26,29)/t19-,22+/m0/s1. The first-order valence-corrected chi connectivity index (χ1v) is 10.6. The minimum absolute atomic E-state index is 0.0243. The summed E-state index contributed by atoms with van der Waals surface area (Å²) >= 11 is 0. The van der Waals surface area contributed by atoms with Gasteiger partial charge in [-0.15, -0.1) is 0 Å². The number of ether oxygens (including phenoxy) is 1. The number of amides is 2. The Bertz CT molecular complexity index is 916. The summed E-state index contributed by atoms with van der Waals surface area (Å²) in [4.78, 5) is 39.2. The molecular weight excluding hydrogens is 394 g/mol. The zero-order valence-electron chi connectivity index (χ0n) is 18.0. The van der Waals surface area contributed by atoms with Crippen molar-refractivity contribution in [3.8, 4) is 5.75 Å². The fourth-order valence-electron chi connectivity index (χ4n) is 3.51. The lowest BCUT2D eigenvalue weighted by atomic mass is 10.0. The zero-order chi connectivity index (χ0) is 22.2. The highest BCUT2D eigenvalue weighted by molar-refractivity contribution is 5.90. The summed E-state index contributed by atoms with van der Waals surface area (Å²) in [5, 5.41) is 5.70. The maximum atomic E-state index is 12.8. The summed E-state index contributed by atoms with van der Waals surface area (Å²) < 4.78 is 5.86. The number of Topliss-reactive ketones (excluding diaryl/α,β-unsaturated/α-hetero) is 1. The van der Waals surface area contributed by atoms with E-state index >= 15 is 0 Å². The number of hydrogen-bond donors (Lipinski definition) is 2. The quantitative estimate of drug-likeness (QED) is 0.645. The number of benzene rings is 2. The maximum Gasteiger partial charge on any atom is 0.262 e. The van der Waals surface area contributed by atoms with Crippen molar-refractivity contribution in [2.75, 3.05) is 24.5 Å². The van der Waals surface area contributed by atoms with Crippen molar-refractivity contribution in [2.24, 2.45) is 0 Å². The van der Waals surface area contributed by atoms with E-state index in [0.29, 0.717) is 18.7 Å². The van der Waals surface area contributed by atoms with Crippen LogP contribution in [-0.4, -0.2) is 49.4 Å². The molecular formula is C24H29N3O4. The average molecular weight is 424 g/mol. The van der Waals surface area contributed by atoms with Gasteiger partial charge in [-0.1, -0.05) is 49.4 Å². The summed E-state index contributed by atoms with van der Waals surface area (Å²) in [7, 11) is 0. The van der Waals surface area contributed by atoms with Crippen LogP contribution in [-0.2, 0) is 20.8 Å². The fraction of sp³-hybridized carbons (Fsp3) is 0.375. The van der Waals surface area contributed by atoms with Crippen molar-refractivity contribution in [3.63, 3.8) is 0 Å². The van der Waals surface area contributed by atoms with Crippen LogP contribution in [0.4, 0.5) is 5.69 Å². The van der Waals surface area contributed by atoms with Gasteiger partial charge in [0.15, 0.2) is 11.9 Å². The smallest absolute Gasteiger partial charge is 0.262 e. The highest BCUT2D eigenvalue weighted by atomic mass is 16.5. The van der Waals surface area contributed by atoms with E-state index in [4.69, 9.17) is 4.74 Å². The van der Waals surface area contributed by atoms with Gasteiger partial charge in [-0.2, -0.15) is 0 Å². The third-order valence-electron chi connectivity index (χ3n) is 5.15. The Hall–Kier alpha value is -3.35. The molecule has 164 valence electrons. The van der Waals surface area contributed by atoms with E-state index in [1.807, 2.05) is 60.4 Å². The molecule has 0 unspecified atom stereocenters. The largest absolute Gasteiger partial charge is 0.477 e. The van der Waals surface area contributed by atoms with Gasteiger partial charge in [0.2, 0.25) is 5.91 Å². The third-order valence-corrected chi connectivity index (χ3v) is 5.15. The first-order valence-electron chi connectivity index (χ1n) is 10.6. The lowest BCUT2D eigenvalue weighted by Gasteiger charge is -2.35. The molecule has 2 aromatic carbocycles. The summed E-state index contributed by atoms with van der Waals surface area (Å²) in [6, 6.07) is 16.3. The van der Waals surface area contributed by atoms with Crippen LogP contribution in [0, 0.1) is 0 Å². The molecule has 2 atom stereocenters. The number of ketones is 1. The Morgan fingerprint density at radius 3 is 2.52 bits per heavy atom. The molecule has 0 radical (unpaired) electrons.